The number of benzene rings is 2. The minimum Gasteiger partial charge on any atom is -0.486 e. The van der Waals surface area contributed by atoms with Gasteiger partial charge < -0.3 is 19.7 Å². The fourth-order valence-corrected chi connectivity index (χ4v) is 5.50. The Balaban J connectivity index is 1.25. The normalized spacial score (nSPS) is 20.8. The van der Waals surface area contributed by atoms with Crippen LogP contribution in [0.5, 0.6) is 11.5 Å². The molecule has 0 bridgehead atoms. The first-order valence-electron chi connectivity index (χ1n) is 10.4. The maximum atomic E-state index is 12.9. The Morgan fingerprint density at radius 2 is 1.94 bits per heavy atom. The maximum absolute atomic E-state index is 12.9. The zero-order valence-corrected chi connectivity index (χ0v) is 17.7. The highest BCUT2D eigenvalue weighted by molar-refractivity contribution is 7.90. The van der Waals surface area contributed by atoms with Gasteiger partial charge in [0, 0.05) is 18.7 Å². The minimum atomic E-state index is -3.71. The molecule has 1 saturated heterocycles. The van der Waals surface area contributed by atoms with Gasteiger partial charge in [-0.3, -0.25) is 4.79 Å². The van der Waals surface area contributed by atoms with Crippen LogP contribution in [0.2, 0.25) is 0 Å². The summed E-state index contributed by atoms with van der Waals surface area (Å²) in [5.41, 5.74) is 1.62. The van der Waals surface area contributed by atoms with Gasteiger partial charge in [-0.25, -0.2) is 0 Å². The molecular weight excluding hydrogens is 418 g/mol. The van der Waals surface area contributed by atoms with Crippen LogP contribution < -0.4 is 14.8 Å². The van der Waals surface area contributed by atoms with Gasteiger partial charge in [0.2, 0.25) is 5.91 Å². The van der Waals surface area contributed by atoms with E-state index in [0.717, 1.165) is 23.5 Å². The highest BCUT2D eigenvalue weighted by Gasteiger charge is 2.39. The van der Waals surface area contributed by atoms with E-state index in [2.05, 4.69) is 9.71 Å². The highest BCUT2D eigenvalue weighted by atomic mass is 32.2. The second kappa shape index (κ2) is 7.88. The number of sulfonamides is 1. The van der Waals surface area contributed by atoms with Gasteiger partial charge in [-0.1, -0.05) is 18.2 Å². The number of likely N-dealkylation sites (tertiary alicyclic amines) is 1. The highest BCUT2D eigenvalue weighted by Crippen LogP contribution is 2.32. The van der Waals surface area contributed by atoms with Crippen LogP contribution in [-0.4, -0.2) is 57.4 Å². The van der Waals surface area contributed by atoms with Gasteiger partial charge in [-0.05, 0) is 49.1 Å². The standard InChI is InChI=1S/C22H23N3O5S/c26-22(23-10-9-15-7-8-18-19(14-15)30-13-12-29-18)17-5-3-11-25(17)21-16-4-1-2-6-20(16)31(27,28)24-21/h1-2,4,6-8,14,17H,3,5,9-13H2,(H,23,26)/t17-/m0/s1. The molecule has 31 heavy (non-hydrogen) atoms. The van der Waals surface area contributed by atoms with Gasteiger partial charge in [0.15, 0.2) is 17.3 Å². The summed E-state index contributed by atoms with van der Waals surface area (Å²) < 4.78 is 39.9. The predicted octanol–water partition coefficient (Wildman–Crippen LogP) is 1.73. The first-order valence-corrected chi connectivity index (χ1v) is 11.8. The molecule has 0 radical (unpaired) electrons. The molecule has 0 unspecified atom stereocenters. The molecule has 1 N–H and O–H groups in total. The Morgan fingerprint density at radius 3 is 2.81 bits per heavy atom. The van der Waals surface area contributed by atoms with Crippen molar-refractivity contribution in [1.82, 2.24) is 10.2 Å². The second-order valence-electron chi connectivity index (χ2n) is 7.76. The van der Waals surface area contributed by atoms with Crippen molar-refractivity contribution in [3.05, 3.63) is 53.6 Å². The number of carbonyl (C=O) groups excluding carboxylic acids is 1. The van der Waals surface area contributed by atoms with Gasteiger partial charge in [0.1, 0.15) is 24.2 Å². The first kappa shape index (κ1) is 19.9. The van der Waals surface area contributed by atoms with Crippen LogP contribution in [0.1, 0.15) is 24.0 Å². The molecular formula is C22H23N3O5S. The van der Waals surface area contributed by atoms with Crippen LogP contribution >= 0.6 is 0 Å². The van der Waals surface area contributed by atoms with Gasteiger partial charge >= 0.3 is 0 Å². The van der Waals surface area contributed by atoms with E-state index in [1.165, 1.54) is 0 Å². The maximum Gasteiger partial charge on any atom is 0.285 e. The number of rotatable bonds is 4. The van der Waals surface area contributed by atoms with E-state index in [1.54, 1.807) is 24.3 Å². The molecule has 1 fully saturated rings. The van der Waals surface area contributed by atoms with E-state index in [-0.39, 0.29) is 10.8 Å². The second-order valence-corrected chi connectivity index (χ2v) is 9.33. The van der Waals surface area contributed by atoms with E-state index in [1.807, 2.05) is 23.1 Å². The van der Waals surface area contributed by atoms with Crippen LogP contribution in [-0.2, 0) is 21.2 Å². The van der Waals surface area contributed by atoms with E-state index in [9.17, 15) is 13.2 Å². The number of fused-ring (bicyclic) bond motifs is 2. The van der Waals surface area contributed by atoms with Crippen molar-refractivity contribution in [2.75, 3.05) is 26.3 Å². The Morgan fingerprint density at radius 1 is 1.13 bits per heavy atom. The number of hydrogen-bond donors (Lipinski definition) is 1. The predicted molar refractivity (Wildman–Crippen MR) is 114 cm³/mol. The monoisotopic (exact) mass is 441 g/mol. The Kier molecular flexibility index (Phi) is 5.05. The zero-order chi connectivity index (χ0) is 21.4. The van der Waals surface area contributed by atoms with E-state index >= 15 is 0 Å². The molecule has 0 aliphatic carbocycles. The van der Waals surface area contributed by atoms with Crippen LogP contribution in [0.25, 0.3) is 0 Å². The van der Waals surface area contributed by atoms with Crippen molar-refractivity contribution in [3.63, 3.8) is 0 Å². The summed E-state index contributed by atoms with van der Waals surface area (Å²) in [5, 5.41) is 2.99. The summed E-state index contributed by atoms with van der Waals surface area (Å²) >= 11 is 0. The molecule has 3 aliphatic rings. The van der Waals surface area contributed by atoms with Gasteiger partial charge in [0.25, 0.3) is 10.0 Å². The zero-order valence-electron chi connectivity index (χ0n) is 16.9. The quantitative estimate of drug-likeness (QED) is 0.776. The summed E-state index contributed by atoms with van der Waals surface area (Å²) in [6, 6.07) is 12.1. The van der Waals surface area contributed by atoms with Crippen LogP contribution in [0, 0.1) is 0 Å². The molecule has 2 aromatic rings. The molecule has 9 heteroatoms. The topological polar surface area (TPSA) is 97.3 Å². The van der Waals surface area contributed by atoms with Crippen molar-refractivity contribution >= 4 is 21.8 Å². The summed E-state index contributed by atoms with van der Waals surface area (Å²) in [4.78, 5) is 14.9. The molecule has 162 valence electrons. The van der Waals surface area contributed by atoms with Crippen molar-refractivity contribution in [2.24, 2.45) is 4.40 Å². The number of nitrogens with one attached hydrogen (secondary N) is 1. The SMILES string of the molecule is O=C(NCCc1ccc2c(c1)OCCO2)[C@@H]1CCCN1C1=NS(=O)(=O)c2ccccc21. The third-order valence-electron chi connectivity index (χ3n) is 5.76. The number of carbonyl (C=O) groups is 1. The van der Waals surface area contributed by atoms with Crippen LogP contribution in [0.3, 0.4) is 0 Å². The molecule has 1 amide bonds. The smallest absolute Gasteiger partial charge is 0.285 e. The van der Waals surface area contributed by atoms with Crippen LogP contribution in [0.15, 0.2) is 51.8 Å². The third kappa shape index (κ3) is 3.74. The van der Waals surface area contributed by atoms with Crippen molar-refractivity contribution in [2.45, 2.75) is 30.2 Å². The lowest BCUT2D eigenvalue weighted by Crippen LogP contribution is -2.46. The van der Waals surface area contributed by atoms with Gasteiger partial charge in [-0.2, -0.15) is 8.42 Å². The number of amides is 1. The van der Waals surface area contributed by atoms with E-state index in [4.69, 9.17) is 9.47 Å². The molecule has 8 nitrogen and oxygen atoms in total. The number of amidine groups is 1. The molecule has 3 heterocycles. The molecule has 0 aromatic heterocycles. The molecule has 5 rings (SSSR count). The largest absolute Gasteiger partial charge is 0.486 e. The van der Waals surface area contributed by atoms with Crippen molar-refractivity contribution < 1.29 is 22.7 Å². The first-order chi connectivity index (χ1) is 15.0. The van der Waals surface area contributed by atoms with Crippen molar-refractivity contribution in [1.29, 1.82) is 0 Å². The fourth-order valence-electron chi connectivity index (χ4n) is 4.28. The van der Waals surface area contributed by atoms with E-state index < -0.39 is 16.1 Å². The number of nitrogens with zero attached hydrogens (tertiary/aromatic N) is 2. The Bertz CT molecular complexity index is 1160. The summed E-state index contributed by atoms with van der Waals surface area (Å²) in [5.74, 6) is 1.74. The van der Waals surface area contributed by atoms with Gasteiger partial charge in [-0.15, -0.1) is 4.40 Å². The molecule has 2 aromatic carbocycles. The lowest BCUT2D eigenvalue weighted by molar-refractivity contribution is -0.124. The van der Waals surface area contributed by atoms with Crippen molar-refractivity contribution in [3.8, 4) is 11.5 Å². The minimum absolute atomic E-state index is 0.112. The average Bonchev–Trinajstić information content (AvgIpc) is 3.36. The van der Waals surface area contributed by atoms with Crippen LogP contribution in [0.4, 0.5) is 0 Å². The summed E-state index contributed by atoms with van der Waals surface area (Å²) in [6.07, 6.45) is 2.13. The molecule has 0 spiro atoms. The Labute approximate surface area is 180 Å². The molecule has 1 atom stereocenters. The molecule has 3 aliphatic heterocycles. The summed E-state index contributed by atoms with van der Waals surface area (Å²) in [6.45, 7) is 2.16. The average molecular weight is 442 g/mol. The Hall–Kier alpha value is -3.07. The summed E-state index contributed by atoms with van der Waals surface area (Å²) in [7, 11) is -3.71. The lowest BCUT2D eigenvalue weighted by Gasteiger charge is -2.25. The number of ether oxygens (including phenoxy) is 2. The molecule has 0 saturated carbocycles. The van der Waals surface area contributed by atoms with E-state index in [0.29, 0.717) is 50.5 Å². The third-order valence-corrected chi connectivity index (χ3v) is 7.08. The fraction of sp³-hybridized carbons (Fsp3) is 0.364. The van der Waals surface area contributed by atoms with Gasteiger partial charge in [0.05, 0.1) is 0 Å². The lowest BCUT2D eigenvalue weighted by atomic mass is 10.1. The number of hydrogen-bond acceptors (Lipinski definition) is 6.